The molecule has 50 valence electrons. The quantitative estimate of drug-likeness (QED) is 0.648. The summed E-state index contributed by atoms with van der Waals surface area (Å²) in [6, 6.07) is 0. The number of rotatable bonds is 4. The minimum atomic E-state index is 0.759. The highest BCUT2D eigenvalue weighted by atomic mass is 79.9. The summed E-state index contributed by atoms with van der Waals surface area (Å²) in [5, 5.41) is 4.37. The number of hydrogen-bond donors (Lipinski definition) is 1. The van der Waals surface area contributed by atoms with Gasteiger partial charge in [0.2, 0.25) is 0 Å². The molecule has 2 heteroatoms. The van der Waals surface area contributed by atoms with E-state index in [-0.39, 0.29) is 0 Å². The van der Waals surface area contributed by atoms with Crippen molar-refractivity contribution in [1.29, 1.82) is 0 Å². The third-order valence-electron chi connectivity index (χ3n) is 1.01. The van der Waals surface area contributed by atoms with Crippen molar-refractivity contribution in [1.82, 2.24) is 5.32 Å². The van der Waals surface area contributed by atoms with Crippen LogP contribution in [0.1, 0.15) is 13.8 Å². The van der Waals surface area contributed by atoms with Crippen molar-refractivity contribution in [3.63, 3.8) is 0 Å². The van der Waals surface area contributed by atoms with Gasteiger partial charge in [0.1, 0.15) is 0 Å². The molecule has 8 heavy (non-hydrogen) atoms. The maximum absolute atomic E-state index is 3.40. The van der Waals surface area contributed by atoms with Crippen LogP contribution in [0.4, 0.5) is 0 Å². The number of hydrogen-bond acceptors (Lipinski definition) is 1. The molecule has 0 radical (unpaired) electrons. The van der Waals surface area contributed by atoms with Gasteiger partial charge in [-0.15, -0.1) is 0 Å². The lowest BCUT2D eigenvalue weighted by molar-refractivity contribution is 0.576. The largest absolute Gasteiger partial charge is 0.317 e. The highest BCUT2D eigenvalue weighted by molar-refractivity contribution is 9.09. The van der Waals surface area contributed by atoms with E-state index in [0.717, 1.165) is 24.3 Å². The molecular weight excluding hydrogens is 166 g/mol. The normalized spacial score (nSPS) is 13.9. The van der Waals surface area contributed by atoms with Crippen LogP contribution in [0.2, 0.25) is 0 Å². The Kier molecular flexibility index (Phi) is 5.88. The second kappa shape index (κ2) is 5.57. The van der Waals surface area contributed by atoms with Crippen LogP contribution in [0.3, 0.4) is 0 Å². The molecule has 0 spiro atoms. The fourth-order valence-electron chi connectivity index (χ4n) is 0.445. The van der Waals surface area contributed by atoms with E-state index in [9.17, 15) is 0 Å². The molecule has 0 aliphatic heterocycles. The molecule has 1 nitrogen and oxygen atoms in total. The van der Waals surface area contributed by atoms with Gasteiger partial charge in [0.15, 0.2) is 0 Å². The fourth-order valence-corrected chi connectivity index (χ4v) is 0.674. The van der Waals surface area contributed by atoms with Crippen LogP contribution in [0.15, 0.2) is 0 Å². The van der Waals surface area contributed by atoms with Gasteiger partial charge in [-0.3, -0.25) is 0 Å². The molecule has 0 unspecified atom stereocenters. The van der Waals surface area contributed by atoms with E-state index < -0.39 is 0 Å². The Balaban J connectivity index is 2.86. The molecule has 0 heterocycles. The predicted molar refractivity (Wildman–Crippen MR) is 41.5 cm³/mol. The summed E-state index contributed by atoms with van der Waals surface area (Å²) in [7, 11) is 0. The Morgan fingerprint density at radius 3 is 2.62 bits per heavy atom. The smallest absolute Gasteiger partial charge is 0.00691 e. The average molecular weight is 180 g/mol. The minimum Gasteiger partial charge on any atom is -0.317 e. The van der Waals surface area contributed by atoms with Crippen LogP contribution in [0, 0.1) is 5.92 Å². The molecule has 0 aromatic heterocycles. The van der Waals surface area contributed by atoms with Gasteiger partial charge in [-0.05, 0) is 19.0 Å². The molecule has 0 bridgehead atoms. The first-order valence-corrected chi connectivity index (χ1v) is 4.20. The number of nitrogens with one attached hydrogen (secondary N) is 1. The van der Waals surface area contributed by atoms with Crippen molar-refractivity contribution in [3.05, 3.63) is 0 Å². The summed E-state index contributed by atoms with van der Waals surface area (Å²) < 4.78 is 0. The predicted octanol–water partition coefficient (Wildman–Crippen LogP) is 1.63. The van der Waals surface area contributed by atoms with Crippen LogP contribution >= 0.6 is 15.9 Å². The van der Waals surface area contributed by atoms with Gasteiger partial charge in [-0.1, -0.05) is 29.8 Å². The maximum Gasteiger partial charge on any atom is 0.00691 e. The summed E-state index contributed by atoms with van der Waals surface area (Å²) in [4.78, 5) is 0. The molecule has 0 aromatic rings. The lowest BCUT2D eigenvalue weighted by Crippen LogP contribution is -2.21. The summed E-state index contributed by atoms with van der Waals surface area (Å²) in [5.41, 5.74) is 0. The Bertz CT molecular complexity index is 47.8. The van der Waals surface area contributed by atoms with E-state index in [4.69, 9.17) is 0 Å². The zero-order chi connectivity index (χ0) is 6.41. The SMILES string of the molecule is CCNC[C@H](C)CBr. The highest BCUT2D eigenvalue weighted by Gasteiger charge is 1.94. The third kappa shape index (κ3) is 4.60. The van der Waals surface area contributed by atoms with Gasteiger partial charge in [-0.2, -0.15) is 0 Å². The highest BCUT2D eigenvalue weighted by Crippen LogP contribution is 1.96. The first-order chi connectivity index (χ1) is 3.81. The summed E-state index contributed by atoms with van der Waals surface area (Å²) >= 11 is 3.40. The molecular formula is C6H14BrN. The van der Waals surface area contributed by atoms with Crippen molar-refractivity contribution in [3.8, 4) is 0 Å². The zero-order valence-electron chi connectivity index (χ0n) is 5.58. The maximum atomic E-state index is 3.40. The second-order valence-electron chi connectivity index (χ2n) is 2.07. The number of alkyl halides is 1. The van der Waals surface area contributed by atoms with E-state index in [2.05, 4.69) is 35.1 Å². The first-order valence-electron chi connectivity index (χ1n) is 3.08. The molecule has 0 saturated carbocycles. The summed E-state index contributed by atoms with van der Waals surface area (Å²) in [6.07, 6.45) is 0. The van der Waals surface area contributed by atoms with Crippen LogP contribution in [0.5, 0.6) is 0 Å². The van der Waals surface area contributed by atoms with E-state index in [1.807, 2.05) is 0 Å². The van der Waals surface area contributed by atoms with E-state index in [1.165, 1.54) is 0 Å². The molecule has 0 aliphatic carbocycles. The van der Waals surface area contributed by atoms with Crippen molar-refractivity contribution < 1.29 is 0 Å². The van der Waals surface area contributed by atoms with Gasteiger partial charge < -0.3 is 5.32 Å². The molecule has 0 rings (SSSR count). The van der Waals surface area contributed by atoms with Gasteiger partial charge in [0.25, 0.3) is 0 Å². The van der Waals surface area contributed by atoms with Crippen LogP contribution < -0.4 is 5.32 Å². The molecule has 1 N–H and O–H groups in total. The Labute approximate surface area is 60.0 Å². The van der Waals surface area contributed by atoms with Crippen molar-refractivity contribution in [2.24, 2.45) is 5.92 Å². The van der Waals surface area contributed by atoms with Crippen molar-refractivity contribution in [2.75, 3.05) is 18.4 Å². The fraction of sp³-hybridized carbons (Fsp3) is 1.00. The lowest BCUT2D eigenvalue weighted by atomic mass is 10.2. The molecule has 0 aliphatic rings. The van der Waals surface area contributed by atoms with Crippen LogP contribution in [0.25, 0.3) is 0 Å². The Morgan fingerprint density at radius 1 is 1.62 bits per heavy atom. The van der Waals surface area contributed by atoms with E-state index >= 15 is 0 Å². The van der Waals surface area contributed by atoms with Gasteiger partial charge in [0, 0.05) is 5.33 Å². The van der Waals surface area contributed by atoms with Crippen molar-refractivity contribution >= 4 is 15.9 Å². The number of halogens is 1. The van der Waals surface area contributed by atoms with Gasteiger partial charge in [0.05, 0.1) is 0 Å². The van der Waals surface area contributed by atoms with E-state index in [1.54, 1.807) is 0 Å². The van der Waals surface area contributed by atoms with Gasteiger partial charge in [-0.25, -0.2) is 0 Å². The molecule has 0 saturated heterocycles. The van der Waals surface area contributed by atoms with Crippen LogP contribution in [-0.4, -0.2) is 18.4 Å². The van der Waals surface area contributed by atoms with Gasteiger partial charge >= 0.3 is 0 Å². The second-order valence-corrected chi connectivity index (χ2v) is 2.71. The third-order valence-corrected chi connectivity index (χ3v) is 2.11. The topological polar surface area (TPSA) is 12.0 Å². The summed E-state index contributed by atoms with van der Waals surface area (Å²) in [6.45, 7) is 6.55. The monoisotopic (exact) mass is 179 g/mol. The first kappa shape index (κ1) is 8.44. The Hall–Kier alpha value is 0.440. The minimum absolute atomic E-state index is 0.759. The van der Waals surface area contributed by atoms with Crippen LogP contribution in [-0.2, 0) is 0 Å². The lowest BCUT2D eigenvalue weighted by Gasteiger charge is -2.05. The summed E-state index contributed by atoms with van der Waals surface area (Å²) in [5.74, 6) is 0.759. The standard InChI is InChI=1S/C6H14BrN/c1-3-8-5-6(2)4-7/h6,8H,3-5H2,1-2H3/t6-/m1/s1. The Morgan fingerprint density at radius 2 is 2.25 bits per heavy atom. The average Bonchev–Trinajstić information content (AvgIpc) is 1.83. The van der Waals surface area contributed by atoms with E-state index in [0.29, 0.717) is 0 Å². The zero-order valence-corrected chi connectivity index (χ0v) is 7.16. The molecule has 1 atom stereocenters. The van der Waals surface area contributed by atoms with Crippen molar-refractivity contribution in [2.45, 2.75) is 13.8 Å². The molecule has 0 amide bonds. The molecule has 0 fully saturated rings. The molecule has 0 aromatic carbocycles.